The molecular weight excluding hydrogens is 430 g/mol. The second kappa shape index (κ2) is 8.35. The van der Waals surface area contributed by atoms with E-state index in [2.05, 4.69) is 10.3 Å². The summed E-state index contributed by atoms with van der Waals surface area (Å²) in [6.45, 7) is 0. The third-order valence-corrected chi connectivity index (χ3v) is 7.27. The van der Waals surface area contributed by atoms with E-state index in [4.69, 9.17) is 10.5 Å². The van der Waals surface area contributed by atoms with E-state index in [1.165, 1.54) is 30.5 Å². The molecule has 0 fully saturated rings. The van der Waals surface area contributed by atoms with Crippen molar-refractivity contribution < 1.29 is 23.1 Å². The number of anilines is 2. The molecule has 3 aromatic rings. The Hall–Kier alpha value is -3.85. The van der Waals surface area contributed by atoms with Crippen molar-refractivity contribution in [2.24, 2.45) is 5.73 Å². The van der Waals surface area contributed by atoms with Crippen LogP contribution in [-0.4, -0.2) is 36.8 Å². The molecule has 0 radical (unpaired) electrons. The molecule has 2 aromatic carbocycles. The molecule has 0 saturated carbocycles. The first-order valence-electron chi connectivity index (χ1n) is 9.74. The van der Waals surface area contributed by atoms with Gasteiger partial charge < -0.3 is 20.9 Å². The van der Waals surface area contributed by atoms with E-state index < -0.39 is 21.0 Å². The van der Waals surface area contributed by atoms with Crippen LogP contribution in [-0.2, 0) is 9.84 Å². The van der Waals surface area contributed by atoms with Crippen LogP contribution in [0.3, 0.4) is 0 Å². The molecule has 0 bridgehead atoms. The fourth-order valence-electron chi connectivity index (χ4n) is 3.55. The molecule has 164 valence electrons. The Morgan fingerprint density at radius 2 is 1.97 bits per heavy atom. The lowest BCUT2D eigenvalue weighted by Gasteiger charge is -2.18. The number of amides is 1. The molecular formula is C23H21N3O5S. The van der Waals surface area contributed by atoms with Gasteiger partial charge in [0.05, 0.1) is 33.9 Å². The second-order valence-corrected chi connectivity index (χ2v) is 9.42. The fraction of sp³-hybridized carbons (Fsp3) is 0.130. The third kappa shape index (κ3) is 4.02. The molecule has 1 aliphatic carbocycles. The van der Waals surface area contributed by atoms with Gasteiger partial charge in [0.2, 0.25) is 0 Å². The number of nitrogens with zero attached hydrogens (tertiary/aromatic N) is 1. The van der Waals surface area contributed by atoms with Crippen molar-refractivity contribution in [3.63, 3.8) is 0 Å². The molecule has 0 spiro atoms. The van der Waals surface area contributed by atoms with Crippen LogP contribution in [0, 0.1) is 0 Å². The van der Waals surface area contributed by atoms with E-state index >= 15 is 0 Å². The summed E-state index contributed by atoms with van der Waals surface area (Å²) in [4.78, 5) is 16.5. The Labute approximate surface area is 184 Å². The minimum absolute atomic E-state index is 0.0199. The minimum Gasteiger partial charge on any atom is -0.508 e. The van der Waals surface area contributed by atoms with Crippen molar-refractivity contribution >= 4 is 39.3 Å². The molecule has 4 N–H and O–H groups in total. The van der Waals surface area contributed by atoms with E-state index in [1.54, 1.807) is 43.5 Å². The number of phenols is 1. The summed E-state index contributed by atoms with van der Waals surface area (Å²) in [5.74, 6) is -0.0990. The van der Waals surface area contributed by atoms with Gasteiger partial charge in [0.25, 0.3) is 5.91 Å². The number of benzene rings is 2. The van der Waals surface area contributed by atoms with E-state index in [0.29, 0.717) is 27.7 Å². The van der Waals surface area contributed by atoms with Gasteiger partial charge in [0, 0.05) is 23.2 Å². The summed E-state index contributed by atoms with van der Waals surface area (Å²) in [7, 11) is -2.20. The van der Waals surface area contributed by atoms with Crippen LogP contribution in [0.25, 0.3) is 12.2 Å². The number of hydrogen-bond acceptors (Lipinski definition) is 7. The molecule has 0 saturated heterocycles. The van der Waals surface area contributed by atoms with Crippen molar-refractivity contribution in [3.8, 4) is 11.5 Å². The number of primary amides is 1. The first kappa shape index (κ1) is 21.4. The number of sulfone groups is 1. The highest BCUT2D eigenvalue weighted by Gasteiger charge is 2.27. The Bertz CT molecular complexity index is 1420. The Morgan fingerprint density at radius 3 is 2.66 bits per heavy atom. The van der Waals surface area contributed by atoms with Gasteiger partial charge in [0.15, 0.2) is 9.84 Å². The number of methoxy groups -OCH3 is 1. The number of pyridine rings is 1. The maximum absolute atomic E-state index is 13.2. The van der Waals surface area contributed by atoms with Gasteiger partial charge in [-0.1, -0.05) is 18.2 Å². The van der Waals surface area contributed by atoms with E-state index in [0.717, 1.165) is 0 Å². The molecule has 1 unspecified atom stereocenters. The number of aromatic nitrogens is 1. The van der Waals surface area contributed by atoms with Crippen LogP contribution in [0.2, 0.25) is 0 Å². The highest BCUT2D eigenvalue weighted by molar-refractivity contribution is 7.92. The van der Waals surface area contributed by atoms with Crippen molar-refractivity contribution in [2.45, 2.75) is 16.6 Å². The zero-order valence-corrected chi connectivity index (χ0v) is 18.0. The molecule has 8 nitrogen and oxygen atoms in total. The van der Waals surface area contributed by atoms with E-state index in [1.807, 2.05) is 0 Å². The first-order chi connectivity index (χ1) is 15.3. The van der Waals surface area contributed by atoms with Crippen LogP contribution in [0.15, 0.2) is 59.6 Å². The average molecular weight is 452 g/mol. The monoisotopic (exact) mass is 451 g/mol. The third-order valence-electron chi connectivity index (χ3n) is 5.21. The van der Waals surface area contributed by atoms with Crippen LogP contribution >= 0.6 is 0 Å². The lowest BCUT2D eigenvalue weighted by molar-refractivity contribution is 0.100. The highest BCUT2D eigenvalue weighted by Crippen LogP contribution is 2.25. The van der Waals surface area contributed by atoms with E-state index in [9.17, 15) is 18.3 Å². The maximum Gasteiger partial charge on any atom is 0.252 e. The largest absolute Gasteiger partial charge is 0.508 e. The number of hydrogen-bond donors (Lipinski definition) is 3. The zero-order valence-electron chi connectivity index (χ0n) is 17.1. The lowest BCUT2D eigenvalue weighted by atomic mass is 10.1. The summed E-state index contributed by atoms with van der Waals surface area (Å²) < 4.78 is 31.6. The molecule has 1 heterocycles. The molecule has 1 aliphatic rings. The van der Waals surface area contributed by atoms with Crippen LogP contribution in [0.5, 0.6) is 11.5 Å². The summed E-state index contributed by atoms with van der Waals surface area (Å²) in [5, 5.41) is 12.8. The molecule has 32 heavy (non-hydrogen) atoms. The normalized spacial score (nSPS) is 15.1. The van der Waals surface area contributed by atoms with Crippen LogP contribution in [0.1, 0.15) is 16.8 Å². The van der Waals surface area contributed by atoms with Gasteiger partial charge in [-0.3, -0.25) is 9.78 Å². The second-order valence-electron chi connectivity index (χ2n) is 7.25. The SMILES string of the molecule is COc1cccc(Nc2c(C(N)=O)cnc3c2=CC(S(=O)(=O)c2ccc(O)cc2)CC=3)c1. The molecule has 1 amide bonds. The number of ether oxygens (including phenoxy) is 1. The molecule has 1 aromatic heterocycles. The lowest BCUT2D eigenvalue weighted by Crippen LogP contribution is -2.39. The fourth-order valence-corrected chi connectivity index (χ4v) is 5.08. The predicted octanol–water partition coefficient (Wildman–Crippen LogP) is 1.45. The smallest absolute Gasteiger partial charge is 0.252 e. The Balaban J connectivity index is 1.86. The molecule has 9 heteroatoms. The molecule has 1 atom stereocenters. The molecule has 0 aliphatic heterocycles. The number of fused-ring (bicyclic) bond motifs is 1. The van der Waals surface area contributed by atoms with Gasteiger partial charge in [-0.15, -0.1) is 0 Å². The molecule has 4 rings (SSSR count). The Morgan fingerprint density at radius 1 is 1.22 bits per heavy atom. The van der Waals surface area contributed by atoms with Gasteiger partial charge in [-0.05, 0) is 42.8 Å². The topological polar surface area (TPSA) is 132 Å². The maximum atomic E-state index is 13.2. The number of rotatable bonds is 6. The van der Waals surface area contributed by atoms with Crippen molar-refractivity contribution in [1.82, 2.24) is 4.98 Å². The number of nitrogens with two attached hydrogens (primary N) is 1. The summed E-state index contributed by atoms with van der Waals surface area (Å²) in [5.41, 5.74) is 6.72. The van der Waals surface area contributed by atoms with Crippen LogP contribution in [0.4, 0.5) is 11.4 Å². The van der Waals surface area contributed by atoms with Gasteiger partial charge in [-0.25, -0.2) is 8.42 Å². The quantitative estimate of drug-likeness (QED) is 0.517. The minimum atomic E-state index is -3.74. The summed E-state index contributed by atoms with van der Waals surface area (Å²) in [6.07, 6.45) is 4.90. The zero-order chi connectivity index (χ0) is 22.9. The predicted molar refractivity (Wildman–Crippen MR) is 121 cm³/mol. The van der Waals surface area contributed by atoms with Crippen molar-refractivity contribution in [2.75, 3.05) is 12.4 Å². The van der Waals surface area contributed by atoms with Crippen LogP contribution < -0.4 is 26.4 Å². The number of carbonyl (C=O) groups is 1. The van der Waals surface area contributed by atoms with Gasteiger partial charge in [0.1, 0.15) is 11.5 Å². The number of aromatic hydroxyl groups is 1. The number of phenolic OH excluding ortho intramolecular Hbond substituents is 1. The van der Waals surface area contributed by atoms with Gasteiger partial charge in [-0.2, -0.15) is 0 Å². The Kier molecular flexibility index (Phi) is 5.58. The average Bonchev–Trinajstić information content (AvgIpc) is 2.79. The van der Waals surface area contributed by atoms with E-state index in [-0.39, 0.29) is 22.6 Å². The van der Waals surface area contributed by atoms with Gasteiger partial charge >= 0.3 is 0 Å². The van der Waals surface area contributed by atoms with Crippen molar-refractivity contribution in [3.05, 3.63) is 70.9 Å². The standard InChI is InChI=1S/C23H21N3O5S/c1-31-16-4-2-3-14(11-16)26-22-19-12-18(9-10-21(19)25-13-20(22)23(24)28)32(29,30)17-7-5-15(27)6-8-17/h2-8,10-13,18,26-27H,9H2,1H3,(H2,24,28). The first-order valence-corrected chi connectivity index (χ1v) is 11.3. The number of carbonyl (C=O) groups excluding carboxylic acids is 1. The highest BCUT2D eigenvalue weighted by atomic mass is 32.2. The summed E-state index contributed by atoms with van der Waals surface area (Å²) >= 11 is 0. The number of nitrogens with one attached hydrogen (secondary N) is 1. The van der Waals surface area contributed by atoms with Crippen molar-refractivity contribution in [1.29, 1.82) is 0 Å². The summed E-state index contributed by atoms with van der Waals surface area (Å²) in [6, 6.07) is 12.5.